The Bertz CT molecular complexity index is 714. The SMILES string of the molecule is O=C(Cc1cn2c(n1)CCCC2)N[C@H]1Cc2ccccc2[C@@H]1O. The number of carbonyl (C=O) groups excluding carboxylic acids is 1. The van der Waals surface area contributed by atoms with Crippen LogP contribution in [0.2, 0.25) is 0 Å². The van der Waals surface area contributed by atoms with E-state index in [1.807, 2.05) is 30.5 Å². The van der Waals surface area contributed by atoms with E-state index < -0.39 is 6.10 Å². The van der Waals surface area contributed by atoms with Gasteiger partial charge >= 0.3 is 0 Å². The van der Waals surface area contributed by atoms with Crippen LogP contribution in [0.3, 0.4) is 0 Å². The largest absolute Gasteiger partial charge is 0.386 e. The van der Waals surface area contributed by atoms with Crippen molar-refractivity contribution in [1.29, 1.82) is 0 Å². The molecule has 2 aromatic rings. The number of amides is 1. The third kappa shape index (κ3) is 2.77. The van der Waals surface area contributed by atoms with Gasteiger partial charge in [0.05, 0.1) is 24.3 Å². The lowest BCUT2D eigenvalue weighted by atomic mass is 10.1. The van der Waals surface area contributed by atoms with Crippen molar-refractivity contribution in [2.45, 2.75) is 50.8 Å². The molecule has 0 radical (unpaired) electrons. The average molecular weight is 311 g/mol. The zero-order chi connectivity index (χ0) is 15.8. The zero-order valence-corrected chi connectivity index (χ0v) is 13.0. The highest BCUT2D eigenvalue weighted by atomic mass is 16.3. The number of carbonyl (C=O) groups is 1. The summed E-state index contributed by atoms with van der Waals surface area (Å²) in [5.74, 6) is 1.02. The van der Waals surface area contributed by atoms with Gasteiger partial charge in [-0.3, -0.25) is 4.79 Å². The van der Waals surface area contributed by atoms with Gasteiger partial charge in [0.1, 0.15) is 5.82 Å². The van der Waals surface area contributed by atoms with Crippen molar-refractivity contribution in [3.05, 3.63) is 53.1 Å². The van der Waals surface area contributed by atoms with Crippen molar-refractivity contribution < 1.29 is 9.90 Å². The molecule has 120 valence electrons. The molecule has 2 aliphatic rings. The van der Waals surface area contributed by atoms with Crippen LogP contribution in [0, 0.1) is 0 Å². The van der Waals surface area contributed by atoms with Gasteiger partial charge in [-0.15, -0.1) is 0 Å². The molecule has 0 bridgehead atoms. The van der Waals surface area contributed by atoms with Gasteiger partial charge in [-0.25, -0.2) is 4.98 Å². The lowest BCUT2D eigenvalue weighted by Crippen LogP contribution is -2.38. The van der Waals surface area contributed by atoms with Gasteiger partial charge in [0, 0.05) is 19.2 Å². The van der Waals surface area contributed by atoms with Crippen molar-refractivity contribution in [2.75, 3.05) is 0 Å². The number of nitrogens with one attached hydrogen (secondary N) is 1. The molecule has 0 saturated heterocycles. The second-order valence-corrected chi connectivity index (χ2v) is 6.50. The number of benzene rings is 1. The number of aliphatic hydroxyl groups excluding tert-OH is 1. The summed E-state index contributed by atoms with van der Waals surface area (Å²) in [4.78, 5) is 16.9. The molecule has 0 fully saturated rings. The Morgan fingerprint density at radius 3 is 3.04 bits per heavy atom. The van der Waals surface area contributed by atoms with E-state index in [4.69, 9.17) is 0 Å². The van der Waals surface area contributed by atoms with E-state index in [1.165, 1.54) is 12.8 Å². The number of hydrogen-bond donors (Lipinski definition) is 2. The van der Waals surface area contributed by atoms with E-state index in [1.54, 1.807) is 0 Å². The summed E-state index contributed by atoms with van der Waals surface area (Å²) in [5, 5.41) is 13.3. The molecule has 2 atom stereocenters. The van der Waals surface area contributed by atoms with Gasteiger partial charge < -0.3 is 15.0 Å². The molecule has 2 heterocycles. The van der Waals surface area contributed by atoms with E-state index in [9.17, 15) is 9.90 Å². The van der Waals surface area contributed by atoms with Gasteiger partial charge in [0.15, 0.2) is 0 Å². The Morgan fingerprint density at radius 2 is 2.22 bits per heavy atom. The standard InChI is InChI=1S/C18H21N3O2/c22-17(10-13-11-21-8-4-3-7-16(21)19-13)20-15-9-12-5-1-2-6-14(12)18(15)23/h1-2,5-6,11,15,18,23H,3-4,7-10H2,(H,20,22)/t15-,18-/m0/s1. The fourth-order valence-electron chi connectivity index (χ4n) is 3.68. The molecule has 5 nitrogen and oxygen atoms in total. The summed E-state index contributed by atoms with van der Waals surface area (Å²) >= 11 is 0. The first-order valence-electron chi connectivity index (χ1n) is 8.31. The third-order valence-corrected chi connectivity index (χ3v) is 4.84. The van der Waals surface area contributed by atoms with E-state index >= 15 is 0 Å². The zero-order valence-electron chi connectivity index (χ0n) is 13.0. The van der Waals surface area contributed by atoms with Crippen molar-refractivity contribution >= 4 is 5.91 Å². The topological polar surface area (TPSA) is 67.2 Å². The molecule has 23 heavy (non-hydrogen) atoms. The molecule has 4 rings (SSSR count). The summed E-state index contributed by atoms with van der Waals surface area (Å²) in [6.45, 7) is 1.00. The Labute approximate surface area is 135 Å². The Morgan fingerprint density at radius 1 is 1.35 bits per heavy atom. The number of imidazole rings is 1. The van der Waals surface area contributed by atoms with Crippen LogP contribution in [0.1, 0.15) is 41.6 Å². The molecule has 1 aliphatic heterocycles. The Balaban J connectivity index is 1.40. The number of aromatic nitrogens is 2. The Kier molecular flexibility index (Phi) is 3.65. The maximum atomic E-state index is 12.3. The molecular formula is C18H21N3O2. The fourth-order valence-corrected chi connectivity index (χ4v) is 3.68. The molecule has 0 unspecified atom stereocenters. The van der Waals surface area contributed by atoms with Crippen LogP contribution < -0.4 is 5.32 Å². The number of fused-ring (bicyclic) bond motifs is 2. The molecule has 5 heteroatoms. The molecule has 1 aliphatic carbocycles. The van der Waals surface area contributed by atoms with Gasteiger partial charge in [-0.05, 0) is 30.4 Å². The molecule has 1 amide bonds. The molecular weight excluding hydrogens is 290 g/mol. The monoisotopic (exact) mass is 311 g/mol. The van der Waals surface area contributed by atoms with E-state index in [0.29, 0.717) is 6.42 Å². The van der Waals surface area contributed by atoms with Crippen LogP contribution in [0.15, 0.2) is 30.5 Å². The molecule has 1 aromatic carbocycles. The highest BCUT2D eigenvalue weighted by molar-refractivity contribution is 5.78. The van der Waals surface area contributed by atoms with E-state index in [2.05, 4.69) is 14.9 Å². The van der Waals surface area contributed by atoms with E-state index in [0.717, 1.165) is 35.6 Å². The number of hydrogen-bond acceptors (Lipinski definition) is 3. The predicted molar refractivity (Wildman–Crippen MR) is 85.9 cm³/mol. The Hall–Kier alpha value is -2.14. The molecule has 1 aromatic heterocycles. The maximum Gasteiger partial charge on any atom is 0.226 e. The number of aryl methyl sites for hydroxylation is 2. The summed E-state index contributed by atoms with van der Waals surface area (Å²) < 4.78 is 2.16. The minimum atomic E-state index is -0.620. The third-order valence-electron chi connectivity index (χ3n) is 4.84. The average Bonchev–Trinajstić information content (AvgIpc) is 3.09. The van der Waals surface area contributed by atoms with Gasteiger partial charge in [0.2, 0.25) is 5.91 Å². The minimum absolute atomic E-state index is 0.0719. The van der Waals surface area contributed by atoms with Crippen LogP contribution in [-0.4, -0.2) is 26.6 Å². The van der Waals surface area contributed by atoms with Gasteiger partial charge in [0.25, 0.3) is 0 Å². The smallest absolute Gasteiger partial charge is 0.226 e. The number of aliphatic hydroxyl groups is 1. The summed E-state index contributed by atoms with van der Waals surface area (Å²) in [6, 6.07) is 7.58. The lowest BCUT2D eigenvalue weighted by molar-refractivity contribution is -0.121. The predicted octanol–water partition coefficient (Wildman–Crippen LogP) is 1.54. The highest BCUT2D eigenvalue weighted by Gasteiger charge is 2.31. The van der Waals surface area contributed by atoms with Crippen LogP contribution in [-0.2, 0) is 30.6 Å². The molecule has 0 saturated carbocycles. The van der Waals surface area contributed by atoms with E-state index in [-0.39, 0.29) is 18.4 Å². The van der Waals surface area contributed by atoms with Crippen molar-refractivity contribution in [3.8, 4) is 0 Å². The number of nitrogens with zero attached hydrogens (tertiary/aromatic N) is 2. The number of rotatable bonds is 3. The van der Waals surface area contributed by atoms with Crippen molar-refractivity contribution in [1.82, 2.24) is 14.9 Å². The first kappa shape index (κ1) is 14.5. The highest BCUT2D eigenvalue weighted by Crippen LogP contribution is 2.31. The second kappa shape index (κ2) is 5.81. The second-order valence-electron chi connectivity index (χ2n) is 6.50. The van der Waals surface area contributed by atoms with Gasteiger partial charge in [-0.1, -0.05) is 24.3 Å². The first-order valence-corrected chi connectivity index (χ1v) is 8.31. The van der Waals surface area contributed by atoms with Crippen LogP contribution in [0.4, 0.5) is 0 Å². The normalized spacial score (nSPS) is 22.5. The first-order chi connectivity index (χ1) is 11.2. The maximum absolute atomic E-state index is 12.3. The minimum Gasteiger partial charge on any atom is -0.386 e. The fraction of sp³-hybridized carbons (Fsp3) is 0.444. The van der Waals surface area contributed by atoms with Gasteiger partial charge in [-0.2, -0.15) is 0 Å². The van der Waals surface area contributed by atoms with Crippen LogP contribution >= 0.6 is 0 Å². The van der Waals surface area contributed by atoms with Crippen LogP contribution in [0.25, 0.3) is 0 Å². The quantitative estimate of drug-likeness (QED) is 0.903. The summed E-state index contributed by atoms with van der Waals surface area (Å²) in [5.41, 5.74) is 2.86. The molecule has 2 N–H and O–H groups in total. The summed E-state index contributed by atoms with van der Waals surface area (Å²) in [7, 11) is 0. The van der Waals surface area contributed by atoms with Crippen molar-refractivity contribution in [2.24, 2.45) is 0 Å². The molecule has 0 spiro atoms. The summed E-state index contributed by atoms with van der Waals surface area (Å²) in [6.07, 6.45) is 5.69. The lowest BCUT2D eigenvalue weighted by Gasteiger charge is -2.16. The van der Waals surface area contributed by atoms with Crippen LogP contribution in [0.5, 0.6) is 0 Å². The van der Waals surface area contributed by atoms with Crippen molar-refractivity contribution in [3.63, 3.8) is 0 Å².